The van der Waals surface area contributed by atoms with Crippen LogP contribution in [0.5, 0.6) is 5.75 Å². The van der Waals surface area contributed by atoms with Crippen LogP contribution in [0.2, 0.25) is 5.02 Å². The van der Waals surface area contributed by atoms with Crippen LogP contribution in [0.15, 0.2) is 65.8 Å². The normalized spacial score (nSPS) is 11.4. The molecular formula is C20H17ClN2O2. The van der Waals surface area contributed by atoms with Gasteiger partial charge >= 0.3 is 0 Å². The lowest BCUT2D eigenvalue weighted by Gasteiger charge is -2.08. The largest absolute Gasteiger partial charge is 0.496 e. The summed E-state index contributed by atoms with van der Waals surface area (Å²) in [4.78, 5) is 12.4. The maximum absolute atomic E-state index is 12.4. The second-order valence-corrected chi connectivity index (χ2v) is 5.98. The molecule has 4 nitrogen and oxygen atoms in total. The molecule has 0 spiro atoms. The monoisotopic (exact) mass is 352 g/mol. The molecule has 0 aliphatic rings. The summed E-state index contributed by atoms with van der Waals surface area (Å²) in [7, 11) is 1.50. The van der Waals surface area contributed by atoms with E-state index in [9.17, 15) is 4.79 Å². The molecule has 25 heavy (non-hydrogen) atoms. The molecule has 0 fully saturated rings. The second kappa shape index (κ2) is 7.36. The molecule has 0 unspecified atom stereocenters. The van der Waals surface area contributed by atoms with Gasteiger partial charge in [0.2, 0.25) is 0 Å². The summed E-state index contributed by atoms with van der Waals surface area (Å²) >= 11 is 5.96. The van der Waals surface area contributed by atoms with Crippen molar-refractivity contribution in [3.05, 3.63) is 76.8 Å². The number of halogens is 1. The molecule has 126 valence electrons. The first-order chi connectivity index (χ1) is 12.1. The molecule has 0 atom stereocenters. The zero-order chi connectivity index (χ0) is 17.8. The minimum atomic E-state index is -0.375. The Balaban J connectivity index is 1.82. The Hall–Kier alpha value is -2.85. The summed E-state index contributed by atoms with van der Waals surface area (Å²) in [6, 6.07) is 19.0. The van der Waals surface area contributed by atoms with Gasteiger partial charge in [0.15, 0.2) is 0 Å². The van der Waals surface area contributed by atoms with Crippen LogP contribution in [-0.4, -0.2) is 18.7 Å². The molecule has 0 saturated heterocycles. The number of hydrazone groups is 1. The van der Waals surface area contributed by atoms with E-state index in [-0.39, 0.29) is 5.91 Å². The fourth-order valence-corrected chi connectivity index (χ4v) is 2.70. The van der Waals surface area contributed by atoms with E-state index in [1.807, 2.05) is 43.3 Å². The van der Waals surface area contributed by atoms with E-state index in [1.54, 1.807) is 18.2 Å². The van der Waals surface area contributed by atoms with Crippen LogP contribution in [0.25, 0.3) is 10.8 Å². The maximum Gasteiger partial charge on any atom is 0.275 e. The highest BCUT2D eigenvalue weighted by atomic mass is 35.5. The predicted molar refractivity (Wildman–Crippen MR) is 102 cm³/mol. The zero-order valence-corrected chi connectivity index (χ0v) is 14.7. The van der Waals surface area contributed by atoms with Crippen molar-refractivity contribution < 1.29 is 9.53 Å². The maximum atomic E-state index is 12.4. The molecule has 3 aromatic rings. The van der Waals surface area contributed by atoms with Crippen molar-refractivity contribution >= 4 is 34.0 Å². The topological polar surface area (TPSA) is 50.7 Å². The lowest BCUT2D eigenvalue weighted by molar-refractivity contribution is 0.0952. The number of carbonyl (C=O) groups is 1. The van der Waals surface area contributed by atoms with Crippen molar-refractivity contribution in [2.75, 3.05) is 7.11 Å². The summed E-state index contributed by atoms with van der Waals surface area (Å²) in [5.41, 5.74) is 4.55. The van der Waals surface area contributed by atoms with Gasteiger partial charge in [-0.2, -0.15) is 5.10 Å². The van der Waals surface area contributed by atoms with Gasteiger partial charge in [-0.3, -0.25) is 4.79 Å². The van der Waals surface area contributed by atoms with Crippen molar-refractivity contribution in [3.8, 4) is 5.75 Å². The van der Waals surface area contributed by atoms with E-state index >= 15 is 0 Å². The predicted octanol–water partition coefficient (Wildman–Crippen LogP) is 4.66. The average Bonchev–Trinajstić information content (AvgIpc) is 2.65. The first-order valence-corrected chi connectivity index (χ1v) is 8.13. The Kier molecular flexibility index (Phi) is 5.00. The van der Waals surface area contributed by atoms with E-state index in [4.69, 9.17) is 16.3 Å². The molecule has 0 aliphatic carbocycles. The van der Waals surface area contributed by atoms with Crippen molar-refractivity contribution in [1.29, 1.82) is 0 Å². The van der Waals surface area contributed by atoms with Crippen LogP contribution in [0.4, 0.5) is 0 Å². The number of carbonyl (C=O) groups excluding carboxylic acids is 1. The van der Waals surface area contributed by atoms with Gasteiger partial charge in [0.25, 0.3) is 5.91 Å². The quantitative estimate of drug-likeness (QED) is 0.548. The van der Waals surface area contributed by atoms with Crippen molar-refractivity contribution in [2.24, 2.45) is 5.10 Å². The van der Waals surface area contributed by atoms with E-state index in [0.29, 0.717) is 22.0 Å². The number of benzene rings is 3. The van der Waals surface area contributed by atoms with Crippen LogP contribution in [0.3, 0.4) is 0 Å². The molecule has 3 aromatic carbocycles. The summed E-state index contributed by atoms with van der Waals surface area (Å²) in [6.07, 6.45) is 0. The summed E-state index contributed by atoms with van der Waals surface area (Å²) < 4.78 is 5.19. The van der Waals surface area contributed by atoms with Gasteiger partial charge in [0.1, 0.15) is 5.75 Å². The molecule has 0 aromatic heterocycles. The van der Waals surface area contributed by atoms with Gasteiger partial charge in [-0.25, -0.2) is 5.43 Å². The highest BCUT2D eigenvalue weighted by Crippen LogP contribution is 2.22. The number of hydrogen-bond acceptors (Lipinski definition) is 3. The number of nitrogens with zero attached hydrogens (tertiary/aromatic N) is 1. The highest BCUT2D eigenvalue weighted by Gasteiger charge is 2.12. The number of nitrogens with one attached hydrogen (secondary N) is 1. The van der Waals surface area contributed by atoms with Gasteiger partial charge in [0.05, 0.1) is 18.4 Å². The van der Waals surface area contributed by atoms with E-state index in [1.165, 1.54) is 7.11 Å². The van der Waals surface area contributed by atoms with Gasteiger partial charge in [-0.05, 0) is 47.5 Å². The SMILES string of the molecule is COc1ccc(Cl)cc1C(=O)NN=C(C)c1ccc2ccccc2c1. The van der Waals surface area contributed by atoms with Crippen molar-refractivity contribution in [2.45, 2.75) is 6.92 Å². The summed E-state index contributed by atoms with van der Waals surface area (Å²) in [6.45, 7) is 1.85. The van der Waals surface area contributed by atoms with Crippen LogP contribution in [-0.2, 0) is 0 Å². The van der Waals surface area contributed by atoms with Crippen LogP contribution in [0, 0.1) is 0 Å². The molecular weight excluding hydrogens is 336 g/mol. The third-order valence-electron chi connectivity index (χ3n) is 3.90. The third-order valence-corrected chi connectivity index (χ3v) is 4.13. The fourth-order valence-electron chi connectivity index (χ4n) is 2.53. The standard InChI is InChI=1S/C20H17ClN2O2/c1-13(15-8-7-14-5-3-4-6-16(14)11-15)22-23-20(24)18-12-17(21)9-10-19(18)25-2/h3-12H,1-2H3,(H,23,24). The Labute approximate surface area is 151 Å². The number of rotatable bonds is 4. The molecule has 1 amide bonds. The molecule has 0 saturated carbocycles. The number of fused-ring (bicyclic) bond motifs is 1. The lowest BCUT2D eigenvalue weighted by atomic mass is 10.0. The Morgan fingerprint density at radius 1 is 1.04 bits per heavy atom. The molecule has 0 heterocycles. The number of ether oxygens (including phenoxy) is 1. The Morgan fingerprint density at radius 3 is 2.56 bits per heavy atom. The van der Waals surface area contributed by atoms with Gasteiger partial charge < -0.3 is 4.74 Å². The molecule has 0 bridgehead atoms. The first-order valence-electron chi connectivity index (χ1n) is 7.76. The lowest BCUT2D eigenvalue weighted by Crippen LogP contribution is -2.20. The Morgan fingerprint density at radius 2 is 1.80 bits per heavy atom. The van der Waals surface area contributed by atoms with Crippen LogP contribution < -0.4 is 10.2 Å². The number of methoxy groups -OCH3 is 1. The number of hydrogen-bond donors (Lipinski definition) is 1. The summed E-state index contributed by atoms with van der Waals surface area (Å²) in [5.74, 6) is 0.0694. The van der Waals surface area contributed by atoms with Gasteiger partial charge in [-0.1, -0.05) is 48.0 Å². The van der Waals surface area contributed by atoms with Crippen molar-refractivity contribution in [3.63, 3.8) is 0 Å². The van der Waals surface area contributed by atoms with E-state index < -0.39 is 0 Å². The minimum Gasteiger partial charge on any atom is -0.496 e. The van der Waals surface area contributed by atoms with Gasteiger partial charge in [0, 0.05) is 5.02 Å². The zero-order valence-electron chi connectivity index (χ0n) is 13.9. The molecule has 0 radical (unpaired) electrons. The fraction of sp³-hybridized carbons (Fsp3) is 0.100. The smallest absolute Gasteiger partial charge is 0.275 e. The first kappa shape index (κ1) is 17.0. The van der Waals surface area contributed by atoms with E-state index in [0.717, 1.165) is 16.3 Å². The molecule has 5 heteroatoms. The molecule has 1 N–H and O–H groups in total. The Bertz CT molecular complexity index is 967. The highest BCUT2D eigenvalue weighted by molar-refractivity contribution is 6.31. The van der Waals surface area contributed by atoms with Crippen LogP contribution in [0.1, 0.15) is 22.8 Å². The van der Waals surface area contributed by atoms with Gasteiger partial charge in [-0.15, -0.1) is 0 Å². The number of amides is 1. The minimum absolute atomic E-state index is 0.338. The average molecular weight is 353 g/mol. The molecule has 0 aliphatic heterocycles. The summed E-state index contributed by atoms with van der Waals surface area (Å²) in [5, 5.41) is 6.94. The molecule has 3 rings (SSSR count). The second-order valence-electron chi connectivity index (χ2n) is 5.54. The van der Waals surface area contributed by atoms with E-state index in [2.05, 4.69) is 16.6 Å². The third kappa shape index (κ3) is 3.80. The van der Waals surface area contributed by atoms with Crippen molar-refractivity contribution in [1.82, 2.24) is 5.43 Å². The van der Waals surface area contributed by atoms with Crippen LogP contribution >= 0.6 is 11.6 Å².